The minimum absolute atomic E-state index is 0.126. The summed E-state index contributed by atoms with van der Waals surface area (Å²) in [4.78, 5) is 0. The van der Waals surface area contributed by atoms with Crippen molar-refractivity contribution in [1.82, 2.24) is 0 Å². The number of nitriles is 1. The van der Waals surface area contributed by atoms with Crippen molar-refractivity contribution in [3.05, 3.63) is 29.3 Å². The zero-order valence-electron chi connectivity index (χ0n) is 8.41. The number of benzene rings is 1. The van der Waals surface area contributed by atoms with E-state index < -0.39 is 0 Å². The van der Waals surface area contributed by atoms with E-state index in [4.69, 9.17) is 16.9 Å². The maximum Gasteiger partial charge on any atom is 0.0677 e. The molecule has 0 amide bonds. The Labute approximate surface area is 94.9 Å². The van der Waals surface area contributed by atoms with Gasteiger partial charge in [0.15, 0.2) is 0 Å². The molecule has 1 aromatic carbocycles. The minimum Gasteiger partial charge on any atom is -0.380 e. The standard InChI is InChI=1S/C12H13ClN2/c13-10-5-1-2-6-12(10)15-11-7-3-4-9(11)8-14/h1-2,5-6,9,11,15H,3-4,7H2. The van der Waals surface area contributed by atoms with Gasteiger partial charge in [-0.1, -0.05) is 23.7 Å². The summed E-state index contributed by atoms with van der Waals surface area (Å²) in [5, 5.41) is 13.0. The molecule has 2 atom stereocenters. The molecular weight excluding hydrogens is 208 g/mol. The molecule has 1 aromatic rings. The Bertz CT molecular complexity index is 383. The lowest BCUT2D eigenvalue weighted by atomic mass is 10.1. The van der Waals surface area contributed by atoms with Gasteiger partial charge in [-0.05, 0) is 31.4 Å². The lowest BCUT2D eigenvalue weighted by molar-refractivity contribution is 0.630. The Kier molecular flexibility index (Phi) is 3.13. The summed E-state index contributed by atoms with van der Waals surface area (Å²) in [6.07, 6.45) is 3.18. The Morgan fingerprint density at radius 2 is 2.13 bits per heavy atom. The van der Waals surface area contributed by atoms with Gasteiger partial charge in [0, 0.05) is 6.04 Å². The van der Waals surface area contributed by atoms with Crippen LogP contribution in [0.5, 0.6) is 0 Å². The maximum atomic E-state index is 8.96. The van der Waals surface area contributed by atoms with Crippen molar-refractivity contribution < 1.29 is 0 Å². The fraction of sp³-hybridized carbons (Fsp3) is 0.417. The van der Waals surface area contributed by atoms with Gasteiger partial charge in [0.2, 0.25) is 0 Å². The van der Waals surface area contributed by atoms with Crippen LogP contribution >= 0.6 is 11.6 Å². The van der Waals surface area contributed by atoms with Crippen LogP contribution in [0.15, 0.2) is 24.3 Å². The molecule has 2 unspecified atom stereocenters. The van der Waals surface area contributed by atoms with Crippen molar-refractivity contribution >= 4 is 17.3 Å². The normalized spacial score (nSPS) is 24.8. The number of anilines is 1. The van der Waals surface area contributed by atoms with Crippen LogP contribution in [0.1, 0.15) is 19.3 Å². The van der Waals surface area contributed by atoms with E-state index in [2.05, 4.69) is 11.4 Å². The summed E-state index contributed by atoms with van der Waals surface area (Å²) < 4.78 is 0. The number of hydrogen-bond donors (Lipinski definition) is 1. The van der Waals surface area contributed by atoms with E-state index in [1.54, 1.807) is 0 Å². The molecule has 0 spiro atoms. The lowest BCUT2D eigenvalue weighted by Crippen LogP contribution is -2.22. The molecule has 0 bridgehead atoms. The second-order valence-corrected chi connectivity index (χ2v) is 4.30. The molecule has 0 saturated heterocycles. The second-order valence-electron chi connectivity index (χ2n) is 3.90. The Balaban J connectivity index is 2.09. The predicted octanol–water partition coefficient (Wildman–Crippen LogP) is 3.44. The Hall–Kier alpha value is -1.20. The van der Waals surface area contributed by atoms with Crippen molar-refractivity contribution in [2.75, 3.05) is 5.32 Å². The summed E-state index contributed by atoms with van der Waals surface area (Å²) in [5.74, 6) is 0.126. The first-order chi connectivity index (χ1) is 7.31. The van der Waals surface area contributed by atoms with Crippen LogP contribution in [-0.4, -0.2) is 6.04 Å². The van der Waals surface area contributed by atoms with Gasteiger partial charge in [-0.3, -0.25) is 0 Å². The fourth-order valence-corrected chi connectivity index (χ4v) is 2.26. The molecule has 3 heteroatoms. The predicted molar refractivity (Wildman–Crippen MR) is 61.8 cm³/mol. The molecule has 0 radical (unpaired) electrons. The molecule has 15 heavy (non-hydrogen) atoms. The first-order valence-electron chi connectivity index (χ1n) is 5.22. The van der Waals surface area contributed by atoms with Gasteiger partial charge in [-0.15, -0.1) is 0 Å². The van der Waals surface area contributed by atoms with Crippen molar-refractivity contribution in [2.45, 2.75) is 25.3 Å². The molecule has 1 N–H and O–H groups in total. The molecule has 0 aliphatic heterocycles. The highest BCUT2D eigenvalue weighted by Crippen LogP contribution is 2.30. The molecule has 2 nitrogen and oxygen atoms in total. The van der Waals surface area contributed by atoms with Crippen LogP contribution in [0.3, 0.4) is 0 Å². The fourth-order valence-electron chi connectivity index (χ4n) is 2.07. The number of hydrogen-bond acceptors (Lipinski definition) is 2. The minimum atomic E-state index is 0.126. The van der Waals surface area contributed by atoms with Crippen molar-refractivity contribution in [3.63, 3.8) is 0 Å². The van der Waals surface area contributed by atoms with Crippen molar-refractivity contribution in [3.8, 4) is 6.07 Å². The number of rotatable bonds is 2. The summed E-state index contributed by atoms with van der Waals surface area (Å²) in [7, 11) is 0. The topological polar surface area (TPSA) is 35.8 Å². The Morgan fingerprint density at radius 1 is 1.33 bits per heavy atom. The molecule has 1 fully saturated rings. The highest BCUT2D eigenvalue weighted by Gasteiger charge is 2.27. The van der Waals surface area contributed by atoms with Gasteiger partial charge in [0.25, 0.3) is 0 Å². The number of para-hydroxylation sites is 1. The van der Waals surface area contributed by atoms with Gasteiger partial charge in [0.1, 0.15) is 0 Å². The average molecular weight is 221 g/mol. The number of nitrogens with one attached hydrogen (secondary N) is 1. The number of halogens is 1. The maximum absolute atomic E-state index is 8.96. The number of nitrogens with zero attached hydrogens (tertiary/aromatic N) is 1. The van der Waals surface area contributed by atoms with Crippen molar-refractivity contribution in [2.24, 2.45) is 5.92 Å². The van der Waals surface area contributed by atoms with E-state index in [9.17, 15) is 0 Å². The zero-order chi connectivity index (χ0) is 10.7. The summed E-state index contributed by atoms with van der Waals surface area (Å²) >= 11 is 6.05. The third-order valence-corrected chi connectivity index (χ3v) is 3.23. The van der Waals surface area contributed by atoms with E-state index in [-0.39, 0.29) is 12.0 Å². The molecule has 1 saturated carbocycles. The largest absolute Gasteiger partial charge is 0.380 e. The zero-order valence-corrected chi connectivity index (χ0v) is 9.17. The molecule has 0 aromatic heterocycles. The van der Waals surface area contributed by atoms with Crippen LogP contribution in [-0.2, 0) is 0 Å². The van der Waals surface area contributed by atoms with E-state index in [1.165, 1.54) is 0 Å². The first-order valence-corrected chi connectivity index (χ1v) is 5.60. The van der Waals surface area contributed by atoms with E-state index in [0.717, 1.165) is 30.0 Å². The first kappa shape index (κ1) is 10.3. The lowest BCUT2D eigenvalue weighted by Gasteiger charge is -2.17. The van der Waals surface area contributed by atoms with Crippen LogP contribution < -0.4 is 5.32 Å². The van der Waals surface area contributed by atoms with Crippen LogP contribution in [0, 0.1) is 17.2 Å². The Morgan fingerprint density at radius 3 is 2.87 bits per heavy atom. The monoisotopic (exact) mass is 220 g/mol. The average Bonchev–Trinajstić information content (AvgIpc) is 2.69. The summed E-state index contributed by atoms with van der Waals surface area (Å²) in [5.41, 5.74) is 0.936. The van der Waals surface area contributed by atoms with E-state index >= 15 is 0 Å². The SMILES string of the molecule is N#CC1CCCC1Nc1ccccc1Cl. The van der Waals surface area contributed by atoms with Gasteiger partial charge in [-0.25, -0.2) is 0 Å². The molecular formula is C12H13ClN2. The third kappa shape index (κ3) is 2.24. The molecule has 1 aliphatic rings. The van der Waals surface area contributed by atoms with Gasteiger partial charge < -0.3 is 5.32 Å². The quantitative estimate of drug-likeness (QED) is 0.829. The summed E-state index contributed by atoms with van der Waals surface area (Å²) in [6, 6.07) is 10.3. The molecule has 0 heterocycles. The second kappa shape index (κ2) is 4.55. The van der Waals surface area contributed by atoms with E-state index in [1.807, 2.05) is 24.3 Å². The van der Waals surface area contributed by atoms with Gasteiger partial charge in [0.05, 0.1) is 22.7 Å². The van der Waals surface area contributed by atoms with Gasteiger partial charge in [-0.2, -0.15) is 5.26 Å². The molecule has 2 rings (SSSR count). The highest BCUT2D eigenvalue weighted by atomic mass is 35.5. The third-order valence-electron chi connectivity index (χ3n) is 2.90. The summed E-state index contributed by atoms with van der Waals surface area (Å²) in [6.45, 7) is 0. The van der Waals surface area contributed by atoms with Crippen molar-refractivity contribution in [1.29, 1.82) is 5.26 Å². The van der Waals surface area contributed by atoms with Gasteiger partial charge >= 0.3 is 0 Å². The highest BCUT2D eigenvalue weighted by molar-refractivity contribution is 6.33. The smallest absolute Gasteiger partial charge is 0.0677 e. The van der Waals surface area contributed by atoms with Crippen LogP contribution in [0.25, 0.3) is 0 Å². The van der Waals surface area contributed by atoms with Crippen LogP contribution in [0.4, 0.5) is 5.69 Å². The molecule has 78 valence electrons. The van der Waals surface area contributed by atoms with E-state index in [0.29, 0.717) is 0 Å². The van der Waals surface area contributed by atoms with Crippen LogP contribution in [0.2, 0.25) is 5.02 Å². The molecule has 1 aliphatic carbocycles.